The Morgan fingerprint density at radius 1 is 1.50 bits per heavy atom. The van der Waals surface area contributed by atoms with Gasteiger partial charge in [-0.3, -0.25) is 10.1 Å². The molecule has 2 heterocycles. The molecule has 1 saturated heterocycles. The molecule has 1 fully saturated rings. The monoisotopic (exact) mass is 282 g/mol. The van der Waals surface area contributed by atoms with Crippen LogP contribution in [0.25, 0.3) is 0 Å². The van der Waals surface area contributed by atoms with Gasteiger partial charge in [-0.25, -0.2) is 0 Å². The van der Waals surface area contributed by atoms with Crippen LogP contribution in [0.4, 0.5) is 5.69 Å². The van der Waals surface area contributed by atoms with Gasteiger partial charge in [0.05, 0.1) is 6.04 Å². The normalized spacial score (nSPS) is 22.9. The van der Waals surface area contributed by atoms with E-state index in [1.165, 1.54) is 5.56 Å². The first-order chi connectivity index (χ1) is 8.75. The summed E-state index contributed by atoms with van der Waals surface area (Å²) in [6.07, 6.45) is 2.02. The highest BCUT2D eigenvalue weighted by molar-refractivity contribution is 7.99. The first-order valence-corrected chi connectivity index (χ1v) is 7.70. The van der Waals surface area contributed by atoms with Crippen molar-refractivity contribution in [3.05, 3.63) is 28.8 Å². The van der Waals surface area contributed by atoms with Crippen molar-refractivity contribution in [1.29, 1.82) is 0 Å². The van der Waals surface area contributed by atoms with Crippen LogP contribution >= 0.6 is 23.4 Å². The Morgan fingerprint density at radius 2 is 2.39 bits per heavy atom. The number of aryl methyl sites for hydroxylation is 1. The molecule has 5 heteroatoms. The number of hydrogen-bond acceptors (Lipinski definition) is 3. The van der Waals surface area contributed by atoms with Gasteiger partial charge in [0.25, 0.3) is 0 Å². The maximum absolute atomic E-state index is 12.5. The largest absolute Gasteiger partial charge is 0.311 e. The summed E-state index contributed by atoms with van der Waals surface area (Å²) in [4.78, 5) is 14.4. The lowest BCUT2D eigenvalue weighted by atomic mass is 10.0. The van der Waals surface area contributed by atoms with Gasteiger partial charge in [0, 0.05) is 28.9 Å². The van der Waals surface area contributed by atoms with Crippen molar-refractivity contribution in [1.82, 2.24) is 5.32 Å². The van der Waals surface area contributed by atoms with E-state index in [0.717, 1.165) is 41.7 Å². The molecule has 2 aliphatic rings. The van der Waals surface area contributed by atoms with Crippen LogP contribution in [0.15, 0.2) is 18.2 Å². The molecule has 1 atom stereocenters. The van der Waals surface area contributed by atoms with E-state index in [2.05, 4.69) is 5.32 Å². The van der Waals surface area contributed by atoms with Crippen LogP contribution in [-0.2, 0) is 11.2 Å². The predicted octanol–water partition coefficient (Wildman–Crippen LogP) is 2.28. The Bertz CT molecular complexity index is 474. The Morgan fingerprint density at radius 3 is 3.17 bits per heavy atom. The third-order valence-corrected chi connectivity index (χ3v) is 4.62. The second-order valence-corrected chi connectivity index (χ2v) is 6.10. The van der Waals surface area contributed by atoms with Gasteiger partial charge in [0.15, 0.2) is 0 Å². The van der Waals surface area contributed by atoms with Crippen molar-refractivity contribution in [2.45, 2.75) is 18.9 Å². The van der Waals surface area contributed by atoms with Crippen molar-refractivity contribution < 1.29 is 4.79 Å². The number of hydrogen-bond donors (Lipinski definition) is 1. The highest BCUT2D eigenvalue weighted by atomic mass is 35.5. The summed E-state index contributed by atoms with van der Waals surface area (Å²) in [6.45, 7) is 0.816. The maximum atomic E-state index is 12.5. The van der Waals surface area contributed by atoms with Crippen LogP contribution < -0.4 is 10.2 Å². The Balaban J connectivity index is 1.88. The highest BCUT2D eigenvalue weighted by Crippen LogP contribution is 2.30. The molecular weight excluding hydrogens is 268 g/mol. The minimum Gasteiger partial charge on any atom is -0.311 e. The molecule has 1 amide bonds. The lowest BCUT2D eigenvalue weighted by Gasteiger charge is -2.31. The van der Waals surface area contributed by atoms with Gasteiger partial charge >= 0.3 is 0 Å². The fourth-order valence-corrected chi connectivity index (χ4v) is 3.66. The highest BCUT2D eigenvalue weighted by Gasteiger charge is 2.30. The average Bonchev–Trinajstić information content (AvgIpc) is 2.90. The topological polar surface area (TPSA) is 32.3 Å². The SMILES string of the molecule is O=C(C1CSCN1)N1CCCc2cc(Cl)ccc21. The fraction of sp³-hybridized carbons (Fsp3) is 0.462. The summed E-state index contributed by atoms with van der Waals surface area (Å²) >= 11 is 7.79. The summed E-state index contributed by atoms with van der Waals surface area (Å²) in [7, 11) is 0. The standard InChI is InChI=1S/C13H15ClN2OS/c14-10-3-4-12-9(6-10)2-1-5-16(12)13(17)11-7-18-8-15-11/h3-4,6,11,15H,1-2,5,7-8H2. The number of thioether (sulfide) groups is 1. The lowest BCUT2D eigenvalue weighted by molar-refractivity contribution is -0.120. The molecule has 1 aromatic carbocycles. The number of anilines is 1. The van der Waals surface area contributed by atoms with Crippen molar-refractivity contribution in [2.75, 3.05) is 23.1 Å². The van der Waals surface area contributed by atoms with Crippen LogP contribution in [0.1, 0.15) is 12.0 Å². The third-order valence-electron chi connectivity index (χ3n) is 3.44. The van der Waals surface area contributed by atoms with Gasteiger partial charge in [0.2, 0.25) is 5.91 Å². The third kappa shape index (κ3) is 2.25. The summed E-state index contributed by atoms with van der Waals surface area (Å²) < 4.78 is 0. The summed E-state index contributed by atoms with van der Waals surface area (Å²) in [6, 6.07) is 5.78. The predicted molar refractivity (Wildman–Crippen MR) is 76.4 cm³/mol. The van der Waals surface area contributed by atoms with Crippen LogP contribution in [0.5, 0.6) is 0 Å². The Hall–Kier alpha value is -0.710. The van der Waals surface area contributed by atoms with Crippen LogP contribution in [0, 0.1) is 0 Å². The van der Waals surface area contributed by atoms with E-state index in [0.29, 0.717) is 0 Å². The van der Waals surface area contributed by atoms with E-state index in [1.807, 2.05) is 23.1 Å². The van der Waals surface area contributed by atoms with E-state index >= 15 is 0 Å². The molecule has 1 unspecified atom stereocenters. The zero-order chi connectivity index (χ0) is 12.5. The smallest absolute Gasteiger partial charge is 0.245 e. The number of carbonyl (C=O) groups is 1. The second kappa shape index (κ2) is 5.11. The summed E-state index contributed by atoms with van der Waals surface area (Å²) in [5, 5.41) is 3.99. The molecule has 0 aromatic heterocycles. The molecular formula is C13H15ClN2OS. The molecule has 1 N–H and O–H groups in total. The van der Waals surface area contributed by atoms with Crippen LogP contribution in [-0.4, -0.2) is 30.1 Å². The molecule has 0 bridgehead atoms. The van der Waals surface area contributed by atoms with E-state index in [4.69, 9.17) is 11.6 Å². The van der Waals surface area contributed by atoms with E-state index in [9.17, 15) is 4.79 Å². The van der Waals surface area contributed by atoms with E-state index < -0.39 is 0 Å². The van der Waals surface area contributed by atoms with Crippen LogP contribution in [0.3, 0.4) is 0 Å². The van der Waals surface area contributed by atoms with Crippen molar-refractivity contribution in [3.8, 4) is 0 Å². The fourth-order valence-electron chi connectivity index (χ4n) is 2.54. The molecule has 0 aliphatic carbocycles. The van der Waals surface area contributed by atoms with Crippen molar-refractivity contribution >= 4 is 35.0 Å². The summed E-state index contributed by atoms with van der Waals surface area (Å²) in [5.74, 6) is 1.94. The van der Waals surface area contributed by atoms with E-state index in [-0.39, 0.29) is 11.9 Å². The minimum atomic E-state index is -0.0309. The molecule has 3 rings (SSSR count). The van der Waals surface area contributed by atoms with E-state index in [1.54, 1.807) is 11.8 Å². The molecule has 96 valence electrons. The minimum absolute atomic E-state index is 0.0309. The molecule has 2 aliphatic heterocycles. The first kappa shape index (κ1) is 12.3. The molecule has 0 saturated carbocycles. The van der Waals surface area contributed by atoms with Gasteiger partial charge in [-0.2, -0.15) is 0 Å². The zero-order valence-corrected chi connectivity index (χ0v) is 11.6. The number of nitrogens with zero attached hydrogens (tertiary/aromatic N) is 1. The molecule has 0 radical (unpaired) electrons. The van der Waals surface area contributed by atoms with Crippen molar-refractivity contribution in [3.63, 3.8) is 0 Å². The van der Waals surface area contributed by atoms with Gasteiger partial charge in [0.1, 0.15) is 0 Å². The quantitative estimate of drug-likeness (QED) is 0.858. The number of benzene rings is 1. The van der Waals surface area contributed by atoms with Gasteiger partial charge in [-0.05, 0) is 36.6 Å². The number of nitrogens with one attached hydrogen (secondary N) is 1. The second-order valence-electron chi connectivity index (χ2n) is 4.64. The van der Waals surface area contributed by atoms with Crippen LogP contribution in [0.2, 0.25) is 5.02 Å². The van der Waals surface area contributed by atoms with Gasteiger partial charge in [-0.1, -0.05) is 11.6 Å². The number of halogens is 1. The molecule has 3 nitrogen and oxygen atoms in total. The summed E-state index contributed by atoms with van der Waals surface area (Å²) in [5.41, 5.74) is 2.22. The van der Waals surface area contributed by atoms with Crippen molar-refractivity contribution in [2.24, 2.45) is 0 Å². The first-order valence-electron chi connectivity index (χ1n) is 6.16. The maximum Gasteiger partial charge on any atom is 0.245 e. The molecule has 18 heavy (non-hydrogen) atoms. The lowest BCUT2D eigenvalue weighted by Crippen LogP contribution is -2.47. The number of fused-ring (bicyclic) bond motifs is 1. The Kier molecular flexibility index (Phi) is 3.50. The zero-order valence-electron chi connectivity index (χ0n) is 9.99. The van der Waals surface area contributed by atoms with Gasteiger partial charge in [-0.15, -0.1) is 11.8 Å². The number of amides is 1. The van der Waals surface area contributed by atoms with Gasteiger partial charge < -0.3 is 4.90 Å². The molecule has 0 spiro atoms. The number of rotatable bonds is 1. The molecule has 1 aromatic rings. The Labute approximate surface area is 116 Å². The average molecular weight is 283 g/mol. The number of carbonyl (C=O) groups excluding carboxylic acids is 1.